The molecule has 4 nitrogen and oxygen atoms in total. The molecule has 1 fully saturated rings. The molecule has 0 amide bonds. The highest BCUT2D eigenvalue weighted by Crippen LogP contribution is 2.22. The van der Waals surface area contributed by atoms with Crippen LogP contribution in [-0.2, 0) is 4.74 Å². The molecule has 0 saturated carbocycles. The lowest BCUT2D eigenvalue weighted by atomic mass is 10.1. The summed E-state index contributed by atoms with van der Waals surface area (Å²) in [7, 11) is 4.06. The summed E-state index contributed by atoms with van der Waals surface area (Å²) in [4.78, 5) is 2.08. The third-order valence-electron chi connectivity index (χ3n) is 3.39. The van der Waals surface area contributed by atoms with Gasteiger partial charge in [0.15, 0.2) is 0 Å². The number of likely N-dealkylation sites (N-methyl/N-ethyl adjacent to an activating group) is 1. The molecule has 1 aliphatic heterocycles. The van der Waals surface area contributed by atoms with Crippen LogP contribution in [0.5, 0.6) is 5.75 Å². The summed E-state index contributed by atoms with van der Waals surface area (Å²) in [5.41, 5.74) is 1.15. The van der Waals surface area contributed by atoms with E-state index in [-0.39, 0.29) is 6.10 Å². The smallest absolute Gasteiger partial charge is 0.137 e. The van der Waals surface area contributed by atoms with Crippen molar-refractivity contribution in [2.24, 2.45) is 0 Å². The molecule has 0 bridgehead atoms. The Bertz CT molecular complexity index is 393. The van der Waals surface area contributed by atoms with E-state index in [1.807, 2.05) is 26.2 Å². The standard InChI is InChI=1S/C15H24N2O2/c1-4-16-14-8-9-18-11-15(14)19-13-7-5-6-12(10-13)17(2)3/h5-7,10,14-16H,4,8-9,11H2,1-3H3. The zero-order valence-corrected chi connectivity index (χ0v) is 12.1. The van der Waals surface area contributed by atoms with Gasteiger partial charge in [-0.15, -0.1) is 0 Å². The average molecular weight is 264 g/mol. The molecule has 0 aromatic heterocycles. The van der Waals surface area contributed by atoms with Crippen molar-refractivity contribution in [1.29, 1.82) is 0 Å². The van der Waals surface area contributed by atoms with Crippen molar-refractivity contribution < 1.29 is 9.47 Å². The number of hydrogen-bond donors (Lipinski definition) is 1. The SMILES string of the molecule is CCNC1CCOCC1Oc1cccc(N(C)C)c1. The largest absolute Gasteiger partial charge is 0.486 e. The zero-order valence-electron chi connectivity index (χ0n) is 12.1. The van der Waals surface area contributed by atoms with Crippen LogP contribution in [0.4, 0.5) is 5.69 Å². The summed E-state index contributed by atoms with van der Waals surface area (Å²) in [6, 6.07) is 8.55. The van der Waals surface area contributed by atoms with Crippen LogP contribution in [0.2, 0.25) is 0 Å². The fraction of sp³-hybridized carbons (Fsp3) is 0.600. The highest BCUT2D eigenvalue weighted by atomic mass is 16.5. The van der Waals surface area contributed by atoms with Crippen molar-refractivity contribution in [2.75, 3.05) is 38.8 Å². The lowest BCUT2D eigenvalue weighted by Gasteiger charge is -2.32. The van der Waals surface area contributed by atoms with Crippen LogP contribution in [0, 0.1) is 0 Å². The Hall–Kier alpha value is -1.26. The van der Waals surface area contributed by atoms with Gasteiger partial charge in [-0.2, -0.15) is 0 Å². The fourth-order valence-corrected chi connectivity index (χ4v) is 2.33. The first-order chi connectivity index (χ1) is 9.20. The van der Waals surface area contributed by atoms with Crippen molar-refractivity contribution in [3.05, 3.63) is 24.3 Å². The molecule has 0 radical (unpaired) electrons. The Kier molecular flexibility index (Phi) is 5.05. The average Bonchev–Trinajstić information content (AvgIpc) is 2.41. The van der Waals surface area contributed by atoms with Crippen LogP contribution in [0.3, 0.4) is 0 Å². The van der Waals surface area contributed by atoms with E-state index >= 15 is 0 Å². The minimum Gasteiger partial charge on any atom is -0.486 e. The molecule has 2 unspecified atom stereocenters. The molecule has 1 heterocycles. The van der Waals surface area contributed by atoms with Crippen LogP contribution >= 0.6 is 0 Å². The summed E-state index contributed by atoms with van der Waals surface area (Å²) in [5.74, 6) is 0.907. The molecule has 1 N–H and O–H groups in total. The Labute approximate surface area is 115 Å². The van der Waals surface area contributed by atoms with Gasteiger partial charge in [0, 0.05) is 38.5 Å². The topological polar surface area (TPSA) is 33.7 Å². The van der Waals surface area contributed by atoms with E-state index < -0.39 is 0 Å². The molecule has 4 heteroatoms. The Morgan fingerprint density at radius 1 is 1.42 bits per heavy atom. The maximum absolute atomic E-state index is 6.10. The summed E-state index contributed by atoms with van der Waals surface area (Å²) in [6.45, 7) is 4.56. The number of hydrogen-bond acceptors (Lipinski definition) is 4. The normalized spacial score (nSPS) is 23.1. The van der Waals surface area contributed by atoms with E-state index in [0.29, 0.717) is 12.6 Å². The highest BCUT2D eigenvalue weighted by molar-refractivity contribution is 5.49. The predicted octanol–water partition coefficient (Wildman–Crippen LogP) is 1.90. The van der Waals surface area contributed by atoms with Crippen LogP contribution < -0.4 is 15.0 Å². The molecule has 1 aliphatic rings. The van der Waals surface area contributed by atoms with Gasteiger partial charge in [0.2, 0.25) is 0 Å². The summed E-state index contributed by atoms with van der Waals surface area (Å²) >= 11 is 0. The van der Waals surface area contributed by atoms with Gasteiger partial charge in [-0.3, -0.25) is 0 Å². The molecular formula is C15H24N2O2. The highest BCUT2D eigenvalue weighted by Gasteiger charge is 2.26. The first-order valence-corrected chi connectivity index (χ1v) is 6.96. The molecule has 19 heavy (non-hydrogen) atoms. The van der Waals surface area contributed by atoms with Crippen molar-refractivity contribution in [3.8, 4) is 5.75 Å². The lowest BCUT2D eigenvalue weighted by molar-refractivity contribution is -0.0142. The zero-order chi connectivity index (χ0) is 13.7. The second-order valence-electron chi connectivity index (χ2n) is 5.08. The minimum atomic E-state index is 0.0890. The third-order valence-corrected chi connectivity index (χ3v) is 3.39. The molecular weight excluding hydrogens is 240 g/mol. The maximum atomic E-state index is 6.10. The molecule has 0 spiro atoms. The van der Waals surface area contributed by atoms with E-state index in [9.17, 15) is 0 Å². The van der Waals surface area contributed by atoms with Crippen LogP contribution in [-0.4, -0.2) is 46.0 Å². The first-order valence-electron chi connectivity index (χ1n) is 6.96. The van der Waals surface area contributed by atoms with E-state index in [2.05, 4.69) is 29.3 Å². The molecule has 2 atom stereocenters. The van der Waals surface area contributed by atoms with Crippen molar-refractivity contribution in [3.63, 3.8) is 0 Å². The third kappa shape index (κ3) is 3.85. The van der Waals surface area contributed by atoms with Crippen molar-refractivity contribution >= 4 is 5.69 Å². The van der Waals surface area contributed by atoms with Gasteiger partial charge < -0.3 is 19.7 Å². The van der Waals surface area contributed by atoms with E-state index in [0.717, 1.165) is 31.0 Å². The number of benzene rings is 1. The minimum absolute atomic E-state index is 0.0890. The number of anilines is 1. The van der Waals surface area contributed by atoms with Gasteiger partial charge in [-0.1, -0.05) is 13.0 Å². The fourth-order valence-electron chi connectivity index (χ4n) is 2.33. The van der Waals surface area contributed by atoms with Gasteiger partial charge in [0.05, 0.1) is 6.61 Å². The van der Waals surface area contributed by atoms with Crippen LogP contribution in [0.25, 0.3) is 0 Å². The Morgan fingerprint density at radius 3 is 3.00 bits per heavy atom. The molecule has 1 aromatic carbocycles. The van der Waals surface area contributed by atoms with E-state index in [1.165, 1.54) is 0 Å². The second kappa shape index (κ2) is 6.78. The molecule has 2 rings (SSSR count). The number of nitrogens with one attached hydrogen (secondary N) is 1. The first kappa shape index (κ1) is 14.2. The molecule has 0 aliphatic carbocycles. The number of rotatable bonds is 5. The van der Waals surface area contributed by atoms with E-state index in [1.54, 1.807) is 0 Å². The Balaban J connectivity index is 2.03. The molecule has 1 saturated heterocycles. The lowest BCUT2D eigenvalue weighted by Crippen LogP contribution is -2.49. The predicted molar refractivity (Wildman–Crippen MR) is 78.1 cm³/mol. The van der Waals surface area contributed by atoms with Gasteiger partial charge in [-0.05, 0) is 25.1 Å². The number of ether oxygens (including phenoxy) is 2. The van der Waals surface area contributed by atoms with E-state index in [4.69, 9.17) is 9.47 Å². The van der Waals surface area contributed by atoms with Gasteiger partial charge in [0.25, 0.3) is 0 Å². The van der Waals surface area contributed by atoms with Crippen molar-refractivity contribution in [1.82, 2.24) is 5.32 Å². The van der Waals surface area contributed by atoms with Gasteiger partial charge >= 0.3 is 0 Å². The summed E-state index contributed by atoms with van der Waals surface area (Å²) in [6.07, 6.45) is 1.09. The van der Waals surface area contributed by atoms with Crippen LogP contribution in [0.1, 0.15) is 13.3 Å². The van der Waals surface area contributed by atoms with Crippen molar-refractivity contribution in [2.45, 2.75) is 25.5 Å². The van der Waals surface area contributed by atoms with Gasteiger partial charge in [-0.25, -0.2) is 0 Å². The quantitative estimate of drug-likeness (QED) is 0.880. The maximum Gasteiger partial charge on any atom is 0.137 e. The molecule has 106 valence electrons. The van der Waals surface area contributed by atoms with Crippen LogP contribution in [0.15, 0.2) is 24.3 Å². The summed E-state index contributed by atoms with van der Waals surface area (Å²) in [5, 5.41) is 3.48. The summed E-state index contributed by atoms with van der Waals surface area (Å²) < 4.78 is 11.6. The molecule has 1 aromatic rings. The number of nitrogens with zero attached hydrogens (tertiary/aromatic N) is 1. The Morgan fingerprint density at radius 2 is 2.26 bits per heavy atom. The monoisotopic (exact) mass is 264 g/mol. The second-order valence-corrected chi connectivity index (χ2v) is 5.08. The van der Waals surface area contributed by atoms with Gasteiger partial charge in [0.1, 0.15) is 11.9 Å².